The zero-order valence-corrected chi connectivity index (χ0v) is 10.3. The number of benzene rings is 1. The molecule has 4 nitrogen and oxygen atoms in total. The number of ether oxygens (including phenoxy) is 1. The summed E-state index contributed by atoms with van der Waals surface area (Å²) in [5.41, 5.74) is 1.04. The van der Waals surface area contributed by atoms with Crippen molar-refractivity contribution in [1.29, 1.82) is 0 Å². The fourth-order valence-electron chi connectivity index (χ4n) is 1.74. The predicted molar refractivity (Wildman–Crippen MR) is 68.5 cm³/mol. The molecule has 2 aromatic rings. The summed E-state index contributed by atoms with van der Waals surface area (Å²) in [6.07, 6.45) is 1.85. The molecule has 0 atom stereocenters. The summed E-state index contributed by atoms with van der Waals surface area (Å²) in [5.74, 6) is -0.166. The molecule has 1 N–H and O–H groups in total. The van der Waals surface area contributed by atoms with Crippen molar-refractivity contribution >= 4 is 5.97 Å². The van der Waals surface area contributed by atoms with Crippen molar-refractivity contribution in [2.45, 2.75) is 20.0 Å². The number of carboxylic acid groups (broad SMARTS) is 1. The van der Waals surface area contributed by atoms with Crippen molar-refractivity contribution in [2.24, 2.45) is 0 Å². The maximum Gasteiger partial charge on any atom is 0.352 e. The fourth-order valence-corrected chi connectivity index (χ4v) is 1.74. The van der Waals surface area contributed by atoms with Gasteiger partial charge in [-0.05, 0) is 50.2 Å². The Labute approximate surface area is 105 Å². The molecular weight excluding hydrogens is 230 g/mol. The van der Waals surface area contributed by atoms with Crippen LogP contribution in [0.2, 0.25) is 0 Å². The van der Waals surface area contributed by atoms with Gasteiger partial charge in [0.1, 0.15) is 11.4 Å². The Hall–Kier alpha value is -2.23. The lowest BCUT2D eigenvalue weighted by Gasteiger charge is -2.11. The van der Waals surface area contributed by atoms with Gasteiger partial charge in [-0.1, -0.05) is 0 Å². The minimum Gasteiger partial charge on any atom is -0.491 e. The van der Waals surface area contributed by atoms with Gasteiger partial charge >= 0.3 is 5.97 Å². The third-order valence-electron chi connectivity index (χ3n) is 2.45. The zero-order valence-electron chi connectivity index (χ0n) is 10.3. The molecule has 0 radical (unpaired) electrons. The van der Waals surface area contributed by atoms with Crippen LogP contribution in [0.5, 0.6) is 5.75 Å². The van der Waals surface area contributed by atoms with Gasteiger partial charge in [0.05, 0.1) is 6.10 Å². The van der Waals surface area contributed by atoms with E-state index in [1.54, 1.807) is 22.9 Å². The van der Waals surface area contributed by atoms with Crippen molar-refractivity contribution < 1.29 is 14.6 Å². The highest BCUT2D eigenvalue weighted by atomic mass is 16.5. The Bertz CT molecular complexity index is 540. The zero-order chi connectivity index (χ0) is 13.1. The summed E-state index contributed by atoms with van der Waals surface area (Å²) in [6.45, 7) is 3.92. The normalized spacial score (nSPS) is 10.6. The average molecular weight is 245 g/mol. The van der Waals surface area contributed by atoms with Gasteiger partial charge in [0, 0.05) is 11.9 Å². The minimum absolute atomic E-state index is 0.122. The Morgan fingerprint density at radius 2 is 1.89 bits per heavy atom. The SMILES string of the molecule is CC(C)Oc1ccc(-n2cccc2C(=O)O)cc1. The molecule has 1 heterocycles. The molecule has 0 amide bonds. The van der Waals surface area contributed by atoms with Gasteiger partial charge in [-0.2, -0.15) is 0 Å². The number of aromatic carboxylic acids is 1. The summed E-state index contributed by atoms with van der Waals surface area (Å²) in [4.78, 5) is 11.0. The monoisotopic (exact) mass is 245 g/mol. The van der Waals surface area contributed by atoms with Crippen LogP contribution >= 0.6 is 0 Å². The summed E-state index contributed by atoms with van der Waals surface area (Å²) in [5, 5.41) is 9.04. The van der Waals surface area contributed by atoms with Crippen molar-refractivity contribution in [2.75, 3.05) is 0 Å². The van der Waals surface area contributed by atoms with Crippen LogP contribution < -0.4 is 4.74 Å². The second-order valence-corrected chi connectivity index (χ2v) is 4.23. The van der Waals surface area contributed by atoms with E-state index in [9.17, 15) is 4.79 Å². The highest BCUT2D eigenvalue weighted by Crippen LogP contribution is 2.18. The predicted octanol–water partition coefficient (Wildman–Crippen LogP) is 2.96. The van der Waals surface area contributed by atoms with Crippen LogP contribution in [-0.4, -0.2) is 21.7 Å². The van der Waals surface area contributed by atoms with E-state index in [-0.39, 0.29) is 11.8 Å². The molecule has 0 fully saturated rings. The molecular formula is C14H15NO3. The van der Waals surface area contributed by atoms with E-state index >= 15 is 0 Å². The molecule has 18 heavy (non-hydrogen) atoms. The van der Waals surface area contributed by atoms with E-state index in [1.807, 2.05) is 38.1 Å². The molecule has 0 bridgehead atoms. The Morgan fingerprint density at radius 3 is 2.44 bits per heavy atom. The molecule has 0 aliphatic rings. The summed E-state index contributed by atoms with van der Waals surface area (Å²) in [6, 6.07) is 10.6. The topological polar surface area (TPSA) is 51.5 Å². The number of hydrogen-bond donors (Lipinski definition) is 1. The second kappa shape index (κ2) is 4.96. The minimum atomic E-state index is -0.942. The van der Waals surface area contributed by atoms with Gasteiger partial charge in [0.15, 0.2) is 0 Å². The average Bonchev–Trinajstić information content (AvgIpc) is 2.78. The highest BCUT2D eigenvalue weighted by Gasteiger charge is 2.09. The number of hydrogen-bond acceptors (Lipinski definition) is 2. The maximum atomic E-state index is 11.0. The molecule has 0 spiro atoms. The summed E-state index contributed by atoms with van der Waals surface area (Å²) < 4.78 is 7.17. The third-order valence-corrected chi connectivity index (χ3v) is 2.45. The lowest BCUT2D eigenvalue weighted by Crippen LogP contribution is -2.07. The maximum absolute atomic E-state index is 11.0. The molecule has 0 aliphatic heterocycles. The Kier molecular flexibility index (Phi) is 3.37. The van der Waals surface area contributed by atoms with Gasteiger partial charge in [-0.15, -0.1) is 0 Å². The molecule has 1 aromatic heterocycles. The van der Waals surface area contributed by atoms with Crippen molar-refractivity contribution in [3.05, 3.63) is 48.3 Å². The molecule has 2 rings (SSSR count). The summed E-state index contributed by atoms with van der Waals surface area (Å²) in [7, 11) is 0. The van der Waals surface area contributed by atoms with E-state index in [2.05, 4.69) is 0 Å². The van der Waals surface area contributed by atoms with E-state index < -0.39 is 5.97 Å². The lowest BCUT2D eigenvalue weighted by atomic mass is 10.3. The van der Waals surface area contributed by atoms with Crippen molar-refractivity contribution in [3.8, 4) is 11.4 Å². The molecule has 0 saturated heterocycles. The van der Waals surface area contributed by atoms with Gasteiger partial charge < -0.3 is 14.4 Å². The fraction of sp³-hybridized carbons (Fsp3) is 0.214. The van der Waals surface area contributed by atoms with Crippen LogP contribution in [0.4, 0.5) is 0 Å². The quantitative estimate of drug-likeness (QED) is 0.900. The van der Waals surface area contributed by atoms with Gasteiger partial charge in [-0.25, -0.2) is 4.79 Å². The smallest absolute Gasteiger partial charge is 0.352 e. The first-order valence-electron chi connectivity index (χ1n) is 5.75. The van der Waals surface area contributed by atoms with Crippen LogP contribution in [0, 0.1) is 0 Å². The summed E-state index contributed by atoms with van der Waals surface area (Å²) >= 11 is 0. The van der Waals surface area contributed by atoms with E-state index in [0.717, 1.165) is 11.4 Å². The molecule has 0 unspecified atom stereocenters. The van der Waals surface area contributed by atoms with Crippen LogP contribution in [0.3, 0.4) is 0 Å². The van der Waals surface area contributed by atoms with Crippen LogP contribution in [0.25, 0.3) is 5.69 Å². The number of rotatable bonds is 4. The first kappa shape index (κ1) is 12.2. The number of carboxylic acids is 1. The van der Waals surface area contributed by atoms with E-state index in [0.29, 0.717) is 0 Å². The first-order valence-corrected chi connectivity index (χ1v) is 5.75. The van der Waals surface area contributed by atoms with Gasteiger partial charge in [0.2, 0.25) is 0 Å². The van der Waals surface area contributed by atoms with Gasteiger partial charge in [0.25, 0.3) is 0 Å². The molecule has 0 saturated carbocycles. The van der Waals surface area contributed by atoms with Crippen LogP contribution in [0.15, 0.2) is 42.6 Å². The number of aromatic nitrogens is 1. The van der Waals surface area contributed by atoms with E-state index in [4.69, 9.17) is 9.84 Å². The van der Waals surface area contributed by atoms with Crippen LogP contribution in [0.1, 0.15) is 24.3 Å². The number of carbonyl (C=O) groups is 1. The van der Waals surface area contributed by atoms with E-state index in [1.165, 1.54) is 0 Å². The third kappa shape index (κ3) is 2.53. The molecule has 4 heteroatoms. The Balaban J connectivity index is 2.29. The molecule has 1 aromatic carbocycles. The second-order valence-electron chi connectivity index (χ2n) is 4.23. The lowest BCUT2D eigenvalue weighted by molar-refractivity contribution is 0.0688. The van der Waals surface area contributed by atoms with Gasteiger partial charge in [-0.3, -0.25) is 0 Å². The first-order chi connectivity index (χ1) is 8.58. The Morgan fingerprint density at radius 1 is 1.22 bits per heavy atom. The van der Waals surface area contributed by atoms with Crippen molar-refractivity contribution in [3.63, 3.8) is 0 Å². The molecule has 94 valence electrons. The largest absolute Gasteiger partial charge is 0.491 e. The standard InChI is InChI=1S/C14H15NO3/c1-10(2)18-12-7-5-11(6-8-12)15-9-3-4-13(15)14(16)17/h3-10H,1-2H3,(H,16,17). The highest BCUT2D eigenvalue weighted by molar-refractivity contribution is 5.86. The van der Waals surface area contributed by atoms with Crippen molar-refractivity contribution in [1.82, 2.24) is 4.57 Å². The number of nitrogens with zero attached hydrogens (tertiary/aromatic N) is 1. The molecule has 0 aliphatic carbocycles. The van der Waals surface area contributed by atoms with Crippen LogP contribution in [-0.2, 0) is 0 Å².